The fraction of sp³-hybridized carbons (Fsp3) is 0.176. The highest BCUT2D eigenvalue weighted by molar-refractivity contribution is 6.62. The van der Waals surface area contributed by atoms with Crippen molar-refractivity contribution in [3.63, 3.8) is 0 Å². The number of nitrogens with zero attached hydrogens (tertiary/aromatic N) is 1. The van der Waals surface area contributed by atoms with E-state index in [9.17, 15) is 0 Å². The summed E-state index contributed by atoms with van der Waals surface area (Å²) in [6, 6.07) is 42.9. The van der Waals surface area contributed by atoms with Crippen molar-refractivity contribution >= 4 is 40.4 Å². The fourth-order valence-electron chi connectivity index (χ4n) is 4.95. The van der Waals surface area contributed by atoms with Crippen molar-refractivity contribution in [3.8, 4) is 11.1 Å². The van der Waals surface area contributed by atoms with Crippen LogP contribution in [0.25, 0.3) is 21.9 Å². The van der Waals surface area contributed by atoms with Gasteiger partial charge in [0.1, 0.15) is 0 Å². The van der Waals surface area contributed by atoms with E-state index in [-0.39, 0.29) is 18.3 Å². The lowest BCUT2D eigenvalue weighted by Gasteiger charge is -2.32. The van der Waals surface area contributed by atoms with Gasteiger partial charge in [-0.05, 0) is 91.5 Å². The standard InChI is InChI=1S/C34H32BNO2/c1-33(2)34(3,4)38-35(37-33)29-19-14-26(15-20-29)27-16-21-31(22-17-27)36(30-12-6-5-7-13-30)32-23-18-25-10-8-9-11-28(25)24-32/h5-24H,1-4H3. The Morgan fingerprint density at radius 1 is 0.500 bits per heavy atom. The highest BCUT2D eigenvalue weighted by atomic mass is 16.7. The second-order valence-corrected chi connectivity index (χ2v) is 11.0. The smallest absolute Gasteiger partial charge is 0.399 e. The molecule has 1 heterocycles. The number of rotatable bonds is 5. The molecule has 0 amide bonds. The summed E-state index contributed by atoms with van der Waals surface area (Å²) < 4.78 is 12.4. The monoisotopic (exact) mass is 497 g/mol. The number of hydrogen-bond donors (Lipinski definition) is 0. The molecule has 1 aliphatic rings. The topological polar surface area (TPSA) is 21.7 Å². The Kier molecular flexibility index (Phi) is 6.10. The van der Waals surface area contributed by atoms with Crippen LogP contribution in [-0.2, 0) is 9.31 Å². The molecule has 1 saturated heterocycles. The van der Waals surface area contributed by atoms with Crippen molar-refractivity contribution in [3.05, 3.63) is 121 Å². The molecule has 1 aliphatic heterocycles. The van der Waals surface area contributed by atoms with Gasteiger partial charge >= 0.3 is 7.12 Å². The van der Waals surface area contributed by atoms with E-state index in [1.807, 2.05) is 0 Å². The van der Waals surface area contributed by atoms with Gasteiger partial charge in [-0.15, -0.1) is 0 Å². The van der Waals surface area contributed by atoms with Crippen LogP contribution in [0.1, 0.15) is 27.7 Å². The van der Waals surface area contributed by atoms with Crippen molar-refractivity contribution < 1.29 is 9.31 Å². The Balaban J connectivity index is 1.29. The highest BCUT2D eigenvalue weighted by Crippen LogP contribution is 2.38. The lowest BCUT2D eigenvalue weighted by atomic mass is 9.78. The van der Waals surface area contributed by atoms with Crippen LogP contribution in [-0.4, -0.2) is 18.3 Å². The van der Waals surface area contributed by atoms with E-state index in [4.69, 9.17) is 9.31 Å². The van der Waals surface area contributed by atoms with Gasteiger partial charge in [-0.25, -0.2) is 0 Å². The van der Waals surface area contributed by atoms with E-state index in [0.717, 1.165) is 28.1 Å². The van der Waals surface area contributed by atoms with Crippen LogP contribution in [0.4, 0.5) is 17.1 Å². The van der Waals surface area contributed by atoms with Gasteiger partial charge in [0, 0.05) is 17.1 Å². The Bertz CT molecular complexity index is 1540. The maximum Gasteiger partial charge on any atom is 0.494 e. The first-order valence-electron chi connectivity index (χ1n) is 13.2. The van der Waals surface area contributed by atoms with Crippen molar-refractivity contribution in [2.24, 2.45) is 0 Å². The molecule has 5 aromatic rings. The molecule has 0 spiro atoms. The summed E-state index contributed by atoms with van der Waals surface area (Å²) in [7, 11) is -0.349. The third kappa shape index (κ3) is 4.51. The van der Waals surface area contributed by atoms with Gasteiger partial charge in [0.05, 0.1) is 11.2 Å². The first-order chi connectivity index (χ1) is 18.3. The second kappa shape index (κ2) is 9.47. The minimum absolute atomic E-state index is 0.345. The van der Waals surface area contributed by atoms with Gasteiger partial charge in [0.2, 0.25) is 0 Å². The molecule has 0 N–H and O–H groups in total. The summed E-state index contributed by atoms with van der Waals surface area (Å²) in [5.74, 6) is 0. The van der Waals surface area contributed by atoms with Crippen LogP contribution < -0.4 is 10.4 Å². The van der Waals surface area contributed by atoms with Gasteiger partial charge in [-0.1, -0.05) is 84.9 Å². The summed E-state index contributed by atoms with van der Waals surface area (Å²) >= 11 is 0. The van der Waals surface area contributed by atoms with Crippen LogP contribution in [0.2, 0.25) is 0 Å². The predicted molar refractivity (Wildman–Crippen MR) is 160 cm³/mol. The lowest BCUT2D eigenvalue weighted by molar-refractivity contribution is 0.00578. The quantitative estimate of drug-likeness (QED) is 0.228. The number of fused-ring (bicyclic) bond motifs is 1. The molecule has 4 heteroatoms. The van der Waals surface area contributed by atoms with E-state index in [1.165, 1.54) is 16.3 Å². The summed E-state index contributed by atoms with van der Waals surface area (Å²) in [5.41, 5.74) is 6.05. The van der Waals surface area contributed by atoms with Crippen molar-refractivity contribution in [1.82, 2.24) is 0 Å². The van der Waals surface area contributed by atoms with E-state index in [0.29, 0.717) is 0 Å². The van der Waals surface area contributed by atoms with Crippen LogP contribution in [0, 0.1) is 0 Å². The van der Waals surface area contributed by atoms with Gasteiger partial charge in [-0.3, -0.25) is 0 Å². The summed E-state index contributed by atoms with van der Waals surface area (Å²) in [6.07, 6.45) is 0. The molecule has 0 unspecified atom stereocenters. The van der Waals surface area contributed by atoms with E-state index in [1.54, 1.807) is 0 Å². The first-order valence-corrected chi connectivity index (χ1v) is 13.2. The van der Waals surface area contributed by atoms with Crippen molar-refractivity contribution in [1.29, 1.82) is 0 Å². The predicted octanol–water partition coefficient (Wildman–Crippen LogP) is 8.28. The molecule has 5 aromatic carbocycles. The normalized spacial score (nSPS) is 16.1. The molecule has 0 aromatic heterocycles. The molecule has 0 atom stereocenters. The van der Waals surface area contributed by atoms with Crippen molar-refractivity contribution in [2.75, 3.05) is 4.90 Å². The zero-order chi connectivity index (χ0) is 26.3. The van der Waals surface area contributed by atoms with Gasteiger partial charge in [-0.2, -0.15) is 0 Å². The molecule has 3 nitrogen and oxygen atoms in total. The Hall–Kier alpha value is -3.86. The largest absolute Gasteiger partial charge is 0.494 e. The first kappa shape index (κ1) is 24.5. The molecule has 6 rings (SSSR count). The van der Waals surface area contributed by atoms with Crippen molar-refractivity contribution in [2.45, 2.75) is 38.9 Å². The molecule has 0 aliphatic carbocycles. The highest BCUT2D eigenvalue weighted by Gasteiger charge is 2.51. The second-order valence-electron chi connectivity index (χ2n) is 11.0. The fourth-order valence-corrected chi connectivity index (χ4v) is 4.95. The molecular formula is C34H32BNO2. The third-order valence-corrected chi connectivity index (χ3v) is 7.90. The van der Waals surface area contributed by atoms with E-state index < -0.39 is 0 Å². The van der Waals surface area contributed by atoms with Gasteiger partial charge in [0.15, 0.2) is 0 Å². The zero-order valence-corrected chi connectivity index (χ0v) is 22.4. The van der Waals surface area contributed by atoms with Crippen LogP contribution in [0.15, 0.2) is 121 Å². The number of hydrogen-bond acceptors (Lipinski definition) is 3. The molecule has 0 saturated carbocycles. The summed E-state index contributed by atoms with van der Waals surface area (Å²) in [6.45, 7) is 8.33. The van der Waals surface area contributed by atoms with Crippen LogP contribution in [0.3, 0.4) is 0 Å². The SMILES string of the molecule is CC1(C)OB(c2ccc(-c3ccc(N(c4ccccc4)c4ccc5ccccc5c4)cc3)cc2)OC1(C)C. The molecule has 0 bridgehead atoms. The van der Waals surface area contributed by atoms with E-state index >= 15 is 0 Å². The van der Waals surface area contributed by atoms with Crippen LogP contribution in [0.5, 0.6) is 0 Å². The Morgan fingerprint density at radius 3 is 1.63 bits per heavy atom. The Labute approximate surface area is 225 Å². The van der Waals surface area contributed by atoms with Gasteiger partial charge in [0.25, 0.3) is 0 Å². The molecule has 38 heavy (non-hydrogen) atoms. The average Bonchev–Trinajstić information content (AvgIpc) is 3.16. The summed E-state index contributed by atoms with van der Waals surface area (Å²) in [5, 5.41) is 2.47. The zero-order valence-electron chi connectivity index (χ0n) is 22.4. The minimum atomic E-state index is -0.349. The maximum atomic E-state index is 6.22. The molecule has 188 valence electrons. The minimum Gasteiger partial charge on any atom is -0.399 e. The molecular weight excluding hydrogens is 465 g/mol. The summed E-state index contributed by atoms with van der Waals surface area (Å²) in [4.78, 5) is 2.30. The lowest BCUT2D eigenvalue weighted by Crippen LogP contribution is -2.41. The number of benzene rings is 5. The maximum absolute atomic E-state index is 6.22. The number of anilines is 3. The number of para-hydroxylation sites is 1. The molecule has 0 radical (unpaired) electrons. The van der Waals surface area contributed by atoms with Gasteiger partial charge < -0.3 is 14.2 Å². The van der Waals surface area contributed by atoms with Crippen LogP contribution >= 0.6 is 0 Å². The third-order valence-electron chi connectivity index (χ3n) is 7.90. The molecule has 1 fully saturated rings. The Morgan fingerprint density at radius 2 is 1.00 bits per heavy atom. The average molecular weight is 497 g/mol. The van der Waals surface area contributed by atoms with E-state index in [2.05, 4.69) is 154 Å².